The van der Waals surface area contributed by atoms with Gasteiger partial charge in [-0.3, -0.25) is 4.79 Å². The summed E-state index contributed by atoms with van der Waals surface area (Å²) in [5.74, 6) is 2.58. The van der Waals surface area contributed by atoms with Gasteiger partial charge in [0.2, 0.25) is 0 Å². The zero-order valence-electron chi connectivity index (χ0n) is 26.6. The summed E-state index contributed by atoms with van der Waals surface area (Å²) in [4.78, 5) is 15.3. The molecule has 4 aliphatic rings. The van der Waals surface area contributed by atoms with E-state index in [0.717, 1.165) is 48.8 Å². The van der Waals surface area contributed by atoms with Crippen molar-refractivity contribution >= 4 is 5.91 Å². The van der Waals surface area contributed by atoms with Crippen molar-refractivity contribution in [2.75, 3.05) is 14.2 Å². The average molecular weight is 594 g/mol. The van der Waals surface area contributed by atoms with Crippen LogP contribution >= 0.6 is 0 Å². The minimum absolute atomic E-state index is 0.0455. The largest absolute Gasteiger partial charge is 0.497 e. The maximum atomic E-state index is 13.4. The summed E-state index contributed by atoms with van der Waals surface area (Å²) in [5.41, 5.74) is 2.91. The maximum Gasteiger partial charge on any atom is 0.254 e. The van der Waals surface area contributed by atoms with Crippen LogP contribution in [0.1, 0.15) is 84.1 Å². The number of nitrogens with zero attached hydrogens (tertiary/aromatic N) is 1. The minimum atomic E-state index is -1.37. The van der Waals surface area contributed by atoms with E-state index in [2.05, 4.69) is 32.6 Å². The van der Waals surface area contributed by atoms with E-state index in [1.54, 1.807) is 21.1 Å². The van der Waals surface area contributed by atoms with Gasteiger partial charge in [0.25, 0.3) is 5.91 Å². The number of likely N-dealkylation sites (tertiary alicyclic amines) is 1. The van der Waals surface area contributed by atoms with Crippen LogP contribution in [0, 0.1) is 23.2 Å². The van der Waals surface area contributed by atoms with Crippen LogP contribution in [0.15, 0.2) is 53.6 Å². The highest BCUT2D eigenvalue weighted by Crippen LogP contribution is 2.60. The number of benzene rings is 1. The summed E-state index contributed by atoms with van der Waals surface area (Å²) < 4.78 is 10.9. The average Bonchev–Trinajstić information content (AvgIpc) is 3.42. The molecule has 3 N–H and O–H groups in total. The van der Waals surface area contributed by atoms with Crippen LogP contribution in [0.25, 0.3) is 0 Å². The molecule has 0 spiro atoms. The summed E-state index contributed by atoms with van der Waals surface area (Å²) in [6.45, 7) is 11.0. The lowest BCUT2D eigenvalue weighted by Crippen LogP contribution is -2.40. The maximum absolute atomic E-state index is 13.4. The number of hydrogen-bond acceptors (Lipinski definition) is 6. The topological polar surface area (TPSA) is 99.5 Å². The van der Waals surface area contributed by atoms with Crippen LogP contribution in [-0.2, 0) is 11.3 Å². The third-order valence-electron chi connectivity index (χ3n) is 11.2. The number of ether oxygens (including phenoxy) is 2. The fourth-order valence-electron chi connectivity index (χ4n) is 8.97. The normalized spacial score (nSPS) is 37.2. The molecular formula is C36H51NO6. The molecule has 1 aromatic rings. The summed E-state index contributed by atoms with van der Waals surface area (Å²) in [6.07, 6.45) is 11.1. The molecule has 1 saturated heterocycles. The van der Waals surface area contributed by atoms with Gasteiger partial charge in [0.1, 0.15) is 17.1 Å². The molecule has 1 heterocycles. The van der Waals surface area contributed by atoms with Gasteiger partial charge in [0.05, 0.1) is 26.4 Å². The van der Waals surface area contributed by atoms with Crippen LogP contribution in [0.3, 0.4) is 0 Å². The number of allylic oxidation sites excluding steroid dienone is 3. The molecule has 0 aromatic heterocycles. The van der Waals surface area contributed by atoms with E-state index in [9.17, 15) is 20.1 Å². The fourth-order valence-corrected chi connectivity index (χ4v) is 8.97. The number of amides is 1. The molecule has 0 bridgehead atoms. The molecule has 5 rings (SSSR count). The summed E-state index contributed by atoms with van der Waals surface area (Å²) in [6, 6.07) is 5.64. The minimum Gasteiger partial charge on any atom is -0.497 e. The highest BCUT2D eigenvalue weighted by atomic mass is 16.5. The predicted molar refractivity (Wildman–Crippen MR) is 168 cm³/mol. The number of carbonyl (C=O) groups is 1. The first-order chi connectivity index (χ1) is 20.4. The Hall–Kier alpha value is -2.61. The highest BCUT2D eigenvalue weighted by Gasteiger charge is 2.53. The van der Waals surface area contributed by atoms with Crippen molar-refractivity contribution < 1.29 is 29.6 Å². The van der Waals surface area contributed by atoms with E-state index in [4.69, 9.17) is 9.47 Å². The van der Waals surface area contributed by atoms with Gasteiger partial charge in [0, 0.05) is 31.5 Å². The van der Waals surface area contributed by atoms with Crippen molar-refractivity contribution in [3.8, 4) is 11.5 Å². The highest BCUT2D eigenvalue weighted by molar-refractivity contribution is 5.87. The van der Waals surface area contributed by atoms with E-state index >= 15 is 0 Å². The summed E-state index contributed by atoms with van der Waals surface area (Å²) in [5, 5.41) is 31.5. The molecule has 1 amide bonds. The smallest absolute Gasteiger partial charge is 0.254 e. The van der Waals surface area contributed by atoms with Gasteiger partial charge in [-0.2, -0.15) is 0 Å². The molecule has 0 unspecified atom stereocenters. The lowest BCUT2D eigenvalue weighted by atomic mass is 9.60. The first kappa shape index (κ1) is 31.8. The quantitative estimate of drug-likeness (QED) is 0.357. The van der Waals surface area contributed by atoms with E-state index in [1.165, 1.54) is 12.0 Å². The second-order valence-corrected chi connectivity index (χ2v) is 14.2. The van der Waals surface area contributed by atoms with Crippen LogP contribution in [0.2, 0.25) is 0 Å². The molecule has 3 saturated carbocycles. The van der Waals surface area contributed by atoms with Crippen molar-refractivity contribution in [2.45, 2.75) is 109 Å². The number of fused-ring (bicyclic) bond motifs is 1. The van der Waals surface area contributed by atoms with E-state index in [-0.39, 0.29) is 17.4 Å². The molecule has 1 aromatic carbocycles. The van der Waals surface area contributed by atoms with Gasteiger partial charge in [-0.15, -0.1) is 0 Å². The number of methoxy groups -OCH3 is 2. The molecule has 8 atom stereocenters. The SMILES string of the molecule is C=C1/C(=C\C=C2/CCC[C@]3(C)[C@@H]([C@H](C)C[C@@H]4C[C@@](C)(O)C(=O)N4Cc4cc(OC)cc(OC)c4)CC[C@@H]23)C[C@@H](O)C[C@@H]1O. The zero-order chi connectivity index (χ0) is 31.1. The summed E-state index contributed by atoms with van der Waals surface area (Å²) in [7, 11) is 3.24. The standard InChI is InChI=1S/C36H51NO6/c1-22(14-27-20-36(4,41)34(40)37(27)21-24-15-29(42-5)19-30(16-24)43-6)31-11-12-32-25(8-7-13-35(31,32)3)9-10-26-17-28(38)18-33(39)23(26)2/h9-10,15-16,19,22,27-28,31-33,38-39,41H,2,7-8,11-14,17-18,20-21H2,1,3-6H3/b25-9+,26-10-/t22-,27-,28-,31-,32+,33+,35-,36-/m1/s1. The Morgan fingerprint density at radius 2 is 1.81 bits per heavy atom. The fraction of sp³-hybridized carbons (Fsp3) is 0.639. The Balaban J connectivity index is 1.32. The van der Waals surface area contributed by atoms with Crippen LogP contribution in [0.5, 0.6) is 11.5 Å². The number of rotatable bonds is 8. The number of aliphatic hydroxyl groups is 3. The lowest BCUT2D eigenvalue weighted by Gasteiger charge is -2.45. The number of hydrogen-bond donors (Lipinski definition) is 3. The van der Waals surface area contributed by atoms with Gasteiger partial charge in [-0.1, -0.05) is 38.2 Å². The van der Waals surface area contributed by atoms with Gasteiger partial charge in [0.15, 0.2) is 0 Å². The molecule has 4 fully saturated rings. The first-order valence-electron chi connectivity index (χ1n) is 16.1. The molecule has 0 radical (unpaired) electrons. The molecule has 236 valence electrons. The van der Waals surface area contributed by atoms with Crippen molar-refractivity contribution in [2.24, 2.45) is 23.2 Å². The van der Waals surface area contributed by atoms with Crippen molar-refractivity contribution in [1.29, 1.82) is 0 Å². The van der Waals surface area contributed by atoms with Crippen LogP contribution in [-0.4, -0.2) is 64.2 Å². The third-order valence-corrected chi connectivity index (χ3v) is 11.2. The Kier molecular flexibility index (Phi) is 9.18. The summed E-state index contributed by atoms with van der Waals surface area (Å²) >= 11 is 0. The third kappa shape index (κ3) is 6.31. The van der Waals surface area contributed by atoms with E-state index in [0.29, 0.717) is 55.1 Å². The van der Waals surface area contributed by atoms with Gasteiger partial charge < -0.3 is 29.7 Å². The molecular weight excluding hydrogens is 542 g/mol. The van der Waals surface area contributed by atoms with Crippen molar-refractivity contribution in [3.63, 3.8) is 0 Å². The Morgan fingerprint density at radius 3 is 2.49 bits per heavy atom. The molecule has 43 heavy (non-hydrogen) atoms. The zero-order valence-corrected chi connectivity index (χ0v) is 26.6. The second kappa shape index (κ2) is 12.4. The van der Waals surface area contributed by atoms with Gasteiger partial charge in [-0.05, 0) is 104 Å². The molecule has 7 nitrogen and oxygen atoms in total. The predicted octanol–water partition coefficient (Wildman–Crippen LogP) is 5.72. The number of carbonyl (C=O) groups excluding carboxylic acids is 1. The van der Waals surface area contributed by atoms with Crippen LogP contribution < -0.4 is 9.47 Å². The molecule has 7 heteroatoms. The molecule has 3 aliphatic carbocycles. The van der Waals surface area contributed by atoms with Crippen molar-refractivity contribution in [1.82, 2.24) is 4.90 Å². The number of aliphatic hydroxyl groups excluding tert-OH is 2. The van der Waals surface area contributed by atoms with Crippen LogP contribution in [0.4, 0.5) is 0 Å². The Labute approximate surface area is 257 Å². The molecule has 1 aliphatic heterocycles. The van der Waals surface area contributed by atoms with Gasteiger partial charge in [-0.25, -0.2) is 0 Å². The van der Waals surface area contributed by atoms with E-state index in [1.807, 2.05) is 23.1 Å². The Bertz CT molecular complexity index is 1260. The van der Waals surface area contributed by atoms with Crippen molar-refractivity contribution in [3.05, 3.63) is 59.2 Å². The van der Waals surface area contributed by atoms with E-state index < -0.39 is 17.8 Å². The lowest BCUT2D eigenvalue weighted by molar-refractivity contribution is -0.142. The van der Waals surface area contributed by atoms with Gasteiger partial charge >= 0.3 is 0 Å². The monoisotopic (exact) mass is 593 g/mol. The second-order valence-electron chi connectivity index (χ2n) is 14.2. The first-order valence-corrected chi connectivity index (χ1v) is 16.1. The Morgan fingerprint density at radius 1 is 1.12 bits per heavy atom.